The van der Waals surface area contributed by atoms with Gasteiger partial charge in [-0.2, -0.15) is 0 Å². The molecular formula is C8H9NO. The molecule has 0 aromatic heterocycles. The third kappa shape index (κ3) is 1.16. The van der Waals surface area contributed by atoms with Crippen LogP contribution in [0.4, 0.5) is 5.69 Å². The zero-order valence-electron chi connectivity index (χ0n) is 5.79. The fourth-order valence-electron chi connectivity index (χ4n) is 0.717. The molecule has 2 nitrogen and oxygen atoms in total. The Kier molecular flexibility index (Phi) is 1.71. The second-order valence-corrected chi connectivity index (χ2v) is 2.18. The average Bonchev–Trinajstić information content (AvgIpc) is 2.04. The minimum absolute atomic E-state index is 0.109. The summed E-state index contributed by atoms with van der Waals surface area (Å²) in [6.07, 6.45) is 0. The maximum absolute atomic E-state index is 10.9. The largest absolute Gasteiger partial charge is 0.395 e. The first kappa shape index (κ1) is 6.81. The van der Waals surface area contributed by atoms with Crippen molar-refractivity contribution in [2.75, 3.05) is 5.73 Å². The van der Waals surface area contributed by atoms with Crippen molar-refractivity contribution in [3.8, 4) is 0 Å². The summed E-state index contributed by atoms with van der Waals surface area (Å²) in [7, 11) is 0. The van der Waals surface area contributed by atoms with E-state index in [1.54, 1.807) is 12.1 Å². The van der Waals surface area contributed by atoms with Crippen LogP contribution in [-0.4, -0.2) is 0 Å². The third-order valence-electron chi connectivity index (χ3n) is 1.40. The fraction of sp³-hybridized carbons (Fsp3) is 0.125. The molecule has 10 heavy (non-hydrogen) atoms. The van der Waals surface area contributed by atoms with E-state index in [-0.39, 0.29) is 5.43 Å². The van der Waals surface area contributed by atoms with Crippen LogP contribution in [0.3, 0.4) is 0 Å². The molecule has 0 atom stereocenters. The number of rotatable bonds is 0. The van der Waals surface area contributed by atoms with Gasteiger partial charge in [-0.15, -0.1) is 0 Å². The van der Waals surface area contributed by atoms with Crippen LogP contribution in [0.5, 0.6) is 0 Å². The van der Waals surface area contributed by atoms with Crippen LogP contribution in [0.2, 0.25) is 0 Å². The van der Waals surface area contributed by atoms with Crippen LogP contribution in [0.25, 0.3) is 0 Å². The second-order valence-electron chi connectivity index (χ2n) is 2.18. The maximum Gasteiger partial charge on any atom is 0.201 e. The van der Waals surface area contributed by atoms with Crippen molar-refractivity contribution >= 4 is 5.69 Å². The molecule has 0 aliphatic rings. The van der Waals surface area contributed by atoms with Gasteiger partial charge in [-0.05, 0) is 18.6 Å². The first-order valence-electron chi connectivity index (χ1n) is 3.07. The van der Waals surface area contributed by atoms with Gasteiger partial charge in [0.15, 0.2) is 0 Å². The smallest absolute Gasteiger partial charge is 0.201 e. The normalized spacial score (nSPS) is 9.30. The van der Waals surface area contributed by atoms with E-state index in [4.69, 9.17) is 5.73 Å². The highest BCUT2D eigenvalue weighted by Crippen LogP contribution is 1.99. The molecule has 0 fully saturated rings. The van der Waals surface area contributed by atoms with Crippen LogP contribution in [0.1, 0.15) is 5.56 Å². The molecule has 0 bridgehead atoms. The Labute approximate surface area is 59.3 Å². The van der Waals surface area contributed by atoms with Crippen LogP contribution in [0, 0.1) is 6.92 Å². The quantitative estimate of drug-likeness (QED) is 0.575. The maximum atomic E-state index is 10.9. The molecule has 0 amide bonds. The lowest BCUT2D eigenvalue weighted by atomic mass is 10.3. The molecule has 52 valence electrons. The molecule has 1 rings (SSSR count). The molecule has 0 heterocycles. The highest BCUT2D eigenvalue weighted by Gasteiger charge is 1.91. The predicted octanol–water partition coefficient (Wildman–Crippen LogP) is 0.937. The molecule has 0 radical (unpaired) electrons. The monoisotopic (exact) mass is 135 g/mol. The van der Waals surface area contributed by atoms with Crippen LogP contribution in [-0.2, 0) is 0 Å². The Hall–Kier alpha value is -1.31. The van der Waals surface area contributed by atoms with Crippen molar-refractivity contribution in [1.82, 2.24) is 0 Å². The van der Waals surface area contributed by atoms with E-state index < -0.39 is 0 Å². The van der Waals surface area contributed by atoms with Crippen LogP contribution in [0.15, 0.2) is 29.1 Å². The van der Waals surface area contributed by atoms with E-state index in [1.807, 2.05) is 13.0 Å². The van der Waals surface area contributed by atoms with E-state index in [0.29, 0.717) is 5.69 Å². The summed E-state index contributed by atoms with van der Waals surface area (Å²) < 4.78 is 0. The highest BCUT2D eigenvalue weighted by molar-refractivity contribution is 5.43. The molecule has 1 aromatic rings. The number of hydrogen-bond donors (Lipinski definition) is 1. The van der Waals surface area contributed by atoms with Crippen molar-refractivity contribution in [1.29, 1.82) is 0 Å². The number of hydrogen-bond acceptors (Lipinski definition) is 2. The number of nitrogen functional groups attached to an aromatic ring is 1. The van der Waals surface area contributed by atoms with Crippen molar-refractivity contribution in [2.45, 2.75) is 6.92 Å². The van der Waals surface area contributed by atoms with Crippen molar-refractivity contribution in [3.05, 3.63) is 40.1 Å². The summed E-state index contributed by atoms with van der Waals surface area (Å²) in [4.78, 5) is 10.9. The topological polar surface area (TPSA) is 43.1 Å². The molecule has 0 aliphatic heterocycles. The Morgan fingerprint density at radius 2 is 1.90 bits per heavy atom. The Morgan fingerprint density at radius 1 is 1.30 bits per heavy atom. The van der Waals surface area contributed by atoms with Gasteiger partial charge >= 0.3 is 0 Å². The highest BCUT2D eigenvalue weighted by atomic mass is 16.1. The molecule has 0 saturated carbocycles. The van der Waals surface area contributed by atoms with E-state index in [1.165, 1.54) is 6.07 Å². The average molecular weight is 135 g/mol. The number of nitrogens with two attached hydrogens (primary N) is 1. The lowest BCUT2D eigenvalue weighted by Gasteiger charge is -1.87. The van der Waals surface area contributed by atoms with Gasteiger partial charge in [0, 0.05) is 0 Å². The molecule has 0 aliphatic carbocycles. The lowest BCUT2D eigenvalue weighted by Crippen LogP contribution is -2.04. The molecule has 0 unspecified atom stereocenters. The van der Waals surface area contributed by atoms with Crippen LogP contribution < -0.4 is 11.2 Å². The van der Waals surface area contributed by atoms with E-state index in [9.17, 15) is 4.79 Å². The summed E-state index contributed by atoms with van der Waals surface area (Å²) in [5, 5.41) is 0. The van der Waals surface area contributed by atoms with Gasteiger partial charge < -0.3 is 5.73 Å². The number of aryl methyl sites for hydroxylation is 1. The number of anilines is 1. The van der Waals surface area contributed by atoms with Gasteiger partial charge in [-0.25, -0.2) is 0 Å². The second kappa shape index (κ2) is 2.52. The minimum atomic E-state index is -0.109. The van der Waals surface area contributed by atoms with Gasteiger partial charge in [-0.1, -0.05) is 18.2 Å². The summed E-state index contributed by atoms with van der Waals surface area (Å²) in [5.41, 5.74) is 6.51. The fourth-order valence-corrected chi connectivity index (χ4v) is 0.717. The third-order valence-corrected chi connectivity index (χ3v) is 1.40. The van der Waals surface area contributed by atoms with Gasteiger partial charge in [0.1, 0.15) is 0 Å². The summed E-state index contributed by atoms with van der Waals surface area (Å²) >= 11 is 0. The zero-order chi connectivity index (χ0) is 7.56. The van der Waals surface area contributed by atoms with Crippen LogP contribution >= 0.6 is 0 Å². The van der Waals surface area contributed by atoms with Crippen molar-refractivity contribution < 1.29 is 0 Å². The van der Waals surface area contributed by atoms with E-state index in [2.05, 4.69) is 0 Å². The minimum Gasteiger partial charge on any atom is -0.395 e. The lowest BCUT2D eigenvalue weighted by molar-refractivity contribution is 1.48. The zero-order valence-corrected chi connectivity index (χ0v) is 5.79. The SMILES string of the molecule is Cc1ccccc(=O)c1N. The standard InChI is InChI=1S/C8H9NO/c1-6-4-2-3-5-7(10)8(6)9/h2-5H,1H3,(H2,9,10). The van der Waals surface area contributed by atoms with Gasteiger partial charge in [-0.3, -0.25) is 4.79 Å². The summed E-state index contributed by atoms with van der Waals surface area (Å²) in [5.74, 6) is 0. The Balaban J connectivity index is 3.53. The summed E-state index contributed by atoms with van der Waals surface area (Å²) in [6, 6.07) is 6.76. The first-order valence-corrected chi connectivity index (χ1v) is 3.07. The molecule has 2 heteroatoms. The van der Waals surface area contributed by atoms with Gasteiger partial charge in [0.25, 0.3) is 0 Å². The predicted molar refractivity (Wildman–Crippen MR) is 41.9 cm³/mol. The van der Waals surface area contributed by atoms with E-state index >= 15 is 0 Å². The molecule has 0 saturated heterocycles. The Morgan fingerprint density at radius 3 is 2.60 bits per heavy atom. The summed E-state index contributed by atoms with van der Waals surface area (Å²) in [6.45, 7) is 1.82. The molecule has 0 spiro atoms. The molecule has 1 aromatic carbocycles. The van der Waals surface area contributed by atoms with Gasteiger partial charge in [0.2, 0.25) is 5.43 Å². The molecular weight excluding hydrogens is 126 g/mol. The Bertz CT molecular complexity index is 293. The van der Waals surface area contributed by atoms with Gasteiger partial charge in [0.05, 0.1) is 5.69 Å². The van der Waals surface area contributed by atoms with E-state index in [0.717, 1.165) is 5.56 Å². The molecule has 2 N–H and O–H groups in total. The van der Waals surface area contributed by atoms with Crippen molar-refractivity contribution in [2.24, 2.45) is 0 Å². The van der Waals surface area contributed by atoms with Crippen molar-refractivity contribution in [3.63, 3.8) is 0 Å². The first-order chi connectivity index (χ1) is 4.72.